The van der Waals surface area contributed by atoms with Crippen LogP contribution < -0.4 is 0 Å². The van der Waals surface area contributed by atoms with Crippen LogP contribution in [0.4, 0.5) is 0 Å². The third-order valence-corrected chi connectivity index (χ3v) is 2.67. The van der Waals surface area contributed by atoms with Gasteiger partial charge in [0, 0.05) is 26.9 Å². The molecule has 2 unspecified atom stereocenters. The first kappa shape index (κ1) is 19.7. The van der Waals surface area contributed by atoms with Crippen LogP contribution in [0, 0.1) is 0 Å². The van der Waals surface area contributed by atoms with E-state index in [2.05, 4.69) is 13.2 Å². The molecular formula is C14H20N2O6. The SMILES string of the molecule is C=CCN(CC=C)C(=O)C(O)C(O)C(=O)N(C(C)=O)C(C)=O. The van der Waals surface area contributed by atoms with E-state index in [9.17, 15) is 29.4 Å². The van der Waals surface area contributed by atoms with Crippen LogP contribution in [-0.4, -0.2) is 68.9 Å². The van der Waals surface area contributed by atoms with Gasteiger partial charge in [0.15, 0.2) is 12.2 Å². The molecule has 0 aromatic carbocycles. The first-order chi connectivity index (χ1) is 10.2. The van der Waals surface area contributed by atoms with Crippen LogP contribution in [0.25, 0.3) is 0 Å². The van der Waals surface area contributed by atoms with E-state index in [0.29, 0.717) is 0 Å². The summed E-state index contributed by atoms with van der Waals surface area (Å²) in [6.07, 6.45) is -1.58. The highest BCUT2D eigenvalue weighted by Gasteiger charge is 2.38. The summed E-state index contributed by atoms with van der Waals surface area (Å²) in [7, 11) is 0. The molecule has 2 atom stereocenters. The molecule has 0 aromatic rings. The second-order valence-corrected chi connectivity index (χ2v) is 4.42. The summed E-state index contributed by atoms with van der Waals surface area (Å²) in [4.78, 5) is 47.6. The number of imide groups is 3. The molecule has 0 fully saturated rings. The lowest BCUT2D eigenvalue weighted by Gasteiger charge is -2.26. The van der Waals surface area contributed by atoms with Crippen molar-refractivity contribution in [1.29, 1.82) is 0 Å². The highest BCUT2D eigenvalue weighted by molar-refractivity contribution is 6.11. The number of carbonyl (C=O) groups is 4. The van der Waals surface area contributed by atoms with Gasteiger partial charge >= 0.3 is 0 Å². The van der Waals surface area contributed by atoms with Crippen molar-refractivity contribution in [3.05, 3.63) is 25.3 Å². The first-order valence-electron chi connectivity index (χ1n) is 6.40. The summed E-state index contributed by atoms with van der Waals surface area (Å²) in [5.41, 5.74) is 0. The maximum atomic E-state index is 12.0. The lowest BCUT2D eigenvalue weighted by atomic mass is 10.1. The number of hydrogen-bond acceptors (Lipinski definition) is 6. The molecule has 0 saturated carbocycles. The zero-order valence-corrected chi connectivity index (χ0v) is 12.6. The van der Waals surface area contributed by atoms with Crippen LogP contribution in [0.5, 0.6) is 0 Å². The molecule has 0 heterocycles. The minimum Gasteiger partial charge on any atom is -0.380 e. The predicted octanol–water partition coefficient (Wildman–Crippen LogP) is -1.17. The summed E-state index contributed by atoms with van der Waals surface area (Å²) < 4.78 is 0. The maximum absolute atomic E-state index is 12.0. The Morgan fingerprint density at radius 1 is 0.909 bits per heavy atom. The number of rotatable bonds is 7. The van der Waals surface area contributed by atoms with Gasteiger partial charge in [0.25, 0.3) is 11.8 Å². The summed E-state index contributed by atoms with van der Waals surface area (Å²) in [6.45, 7) is 8.90. The third kappa shape index (κ3) is 4.90. The lowest BCUT2D eigenvalue weighted by Crippen LogP contribution is -2.53. The van der Waals surface area contributed by atoms with E-state index in [1.807, 2.05) is 0 Å². The number of hydrogen-bond donors (Lipinski definition) is 2. The quantitative estimate of drug-likeness (QED) is 0.572. The fourth-order valence-corrected chi connectivity index (χ4v) is 1.69. The summed E-state index contributed by atoms with van der Waals surface area (Å²) in [5.74, 6) is -4.17. The molecule has 0 saturated heterocycles. The van der Waals surface area contributed by atoms with Gasteiger partial charge in [-0.1, -0.05) is 12.2 Å². The second-order valence-electron chi connectivity index (χ2n) is 4.42. The van der Waals surface area contributed by atoms with Gasteiger partial charge in [-0.25, -0.2) is 4.90 Å². The molecule has 22 heavy (non-hydrogen) atoms. The normalized spacial score (nSPS) is 12.7. The van der Waals surface area contributed by atoms with E-state index in [1.165, 1.54) is 12.2 Å². The van der Waals surface area contributed by atoms with Crippen molar-refractivity contribution >= 4 is 23.6 Å². The second kappa shape index (κ2) is 8.85. The van der Waals surface area contributed by atoms with Crippen molar-refractivity contribution < 1.29 is 29.4 Å². The van der Waals surface area contributed by atoms with Crippen molar-refractivity contribution in [3.63, 3.8) is 0 Å². The molecule has 0 spiro atoms. The Balaban J connectivity index is 5.20. The number of amides is 4. The Kier molecular flexibility index (Phi) is 7.92. The average molecular weight is 312 g/mol. The average Bonchev–Trinajstić information content (AvgIpc) is 2.43. The van der Waals surface area contributed by atoms with Crippen molar-refractivity contribution in [2.45, 2.75) is 26.1 Å². The highest BCUT2D eigenvalue weighted by atomic mass is 16.3. The Bertz CT molecular complexity index is 464. The van der Waals surface area contributed by atoms with Crippen molar-refractivity contribution in [2.75, 3.05) is 13.1 Å². The zero-order valence-electron chi connectivity index (χ0n) is 12.6. The molecule has 8 nitrogen and oxygen atoms in total. The van der Waals surface area contributed by atoms with Crippen molar-refractivity contribution in [2.24, 2.45) is 0 Å². The molecule has 4 amide bonds. The van der Waals surface area contributed by atoms with Gasteiger partial charge in [0.1, 0.15) is 0 Å². The molecule has 0 rings (SSSR count). The summed E-state index contributed by atoms with van der Waals surface area (Å²) in [5, 5.41) is 19.6. The molecule has 0 radical (unpaired) electrons. The number of aliphatic hydroxyl groups excluding tert-OH is 2. The standard InChI is InChI=1S/C14H20N2O6/c1-5-7-15(8-6-2)13(21)11(19)12(20)14(22)16(9(3)17)10(4)18/h5-6,11-12,19-20H,1-2,7-8H2,3-4H3. The van der Waals surface area contributed by atoms with E-state index >= 15 is 0 Å². The minimum absolute atomic E-state index is 0.0615. The van der Waals surface area contributed by atoms with Gasteiger partial charge in [0.05, 0.1) is 0 Å². The van der Waals surface area contributed by atoms with Crippen LogP contribution in [-0.2, 0) is 19.2 Å². The molecule has 0 bridgehead atoms. The van der Waals surface area contributed by atoms with Crippen LogP contribution in [0.1, 0.15) is 13.8 Å². The monoisotopic (exact) mass is 312 g/mol. The van der Waals surface area contributed by atoms with Gasteiger partial charge in [-0.2, -0.15) is 0 Å². The molecule has 8 heteroatoms. The topological polar surface area (TPSA) is 115 Å². The Morgan fingerprint density at radius 3 is 1.59 bits per heavy atom. The summed E-state index contributed by atoms with van der Waals surface area (Å²) >= 11 is 0. The molecular weight excluding hydrogens is 292 g/mol. The van der Waals surface area contributed by atoms with Gasteiger partial charge in [0.2, 0.25) is 11.8 Å². The van der Waals surface area contributed by atoms with Gasteiger partial charge in [-0.15, -0.1) is 13.2 Å². The molecule has 0 aromatic heterocycles. The summed E-state index contributed by atoms with van der Waals surface area (Å²) in [6, 6.07) is 0. The Labute approximate surface area is 128 Å². The fourth-order valence-electron chi connectivity index (χ4n) is 1.69. The van der Waals surface area contributed by atoms with Crippen molar-refractivity contribution in [1.82, 2.24) is 9.80 Å². The Morgan fingerprint density at radius 2 is 1.27 bits per heavy atom. The largest absolute Gasteiger partial charge is 0.380 e. The first-order valence-corrected chi connectivity index (χ1v) is 6.40. The zero-order chi connectivity index (χ0) is 17.4. The van der Waals surface area contributed by atoms with Gasteiger partial charge in [-0.05, 0) is 0 Å². The Hall–Kier alpha value is -2.32. The van der Waals surface area contributed by atoms with Crippen LogP contribution in [0.15, 0.2) is 25.3 Å². The number of nitrogens with zero attached hydrogens (tertiary/aromatic N) is 2. The van der Waals surface area contributed by atoms with E-state index in [-0.39, 0.29) is 18.0 Å². The molecule has 0 aliphatic carbocycles. The number of carbonyl (C=O) groups excluding carboxylic acids is 4. The number of aliphatic hydroxyl groups is 2. The van der Waals surface area contributed by atoms with E-state index < -0.39 is 35.8 Å². The van der Waals surface area contributed by atoms with E-state index in [1.54, 1.807) is 0 Å². The minimum atomic E-state index is -2.24. The maximum Gasteiger partial charge on any atom is 0.268 e. The van der Waals surface area contributed by atoms with Crippen LogP contribution >= 0.6 is 0 Å². The van der Waals surface area contributed by atoms with E-state index in [0.717, 1.165) is 18.7 Å². The molecule has 122 valence electrons. The molecule has 0 aliphatic rings. The molecule has 0 aliphatic heterocycles. The van der Waals surface area contributed by atoms with E-state index in [4.69, 9.17) is 0 Å². The molecule has 2 N–H and O–H groups in total. The van der Waals surface area contributed by atoms with Crippen molar-refractivity contribution in [3.8, 4) is 0 Å². The lowest BCUT2D eigenvalue weighted by molar-refractivity contribution is -0.164. The van der Waals surface area contributed by atoms with Gasteiger partial charge < -0.3 is 15.1 Å². The van der Waals surface area contributed by atoms with Crippen LogP contribution in [0.3, 0.4) is 0 Å². The van der Waals surface area contributed by atoms with Gasteiger partial charge in [-0.3, -0.25) is 19.2 Å². The smallest absolute Gasteiger partial charge is 0.268 e. The third-order valence-electron chi connectivity index (χ3n) is 2.67. The van der Waals surface area contributed by atoms with Crippen LogP contribution in [0.2, 0.25) is 0 Å². The fraction of sp³-hybridized carbons (Fsp3) is 0.429. The predicted molar refractivity (Wildman–Crippen MR) is 77.2 cm³/mol. The highest BCUT2D eigenvalue weighted by Crippen LogP contribution is 2.06.